The maximum atomic E-state index is 11.7. The van der Waals surface area contributed by atoms with Gasteiger partial charge in [-0.3, -0.25) is 4.79 Å². The van der Waals surface area contributed by atoms with E-state index >= 15 is 0 Å². The van der Waals surface area contributed by atoms with Crippen LogP contribution in [-0.2, 0) is 9.59 Å². The second-order valence-electron chi connectivity index (χ2n) is 4.92. The number of nitrogens with two attached hydrogens (primary N) is 2. The van der Waals surface area contributed by atoms with Gasteiger partial charge in [0, 0.05) is 0 Å². The van der Waals surface area contributed by atoms with Crippen molar-refractivity contribution in [3.8, 4) is 0 Å². The van der Waals surface area contributed by atoms with Crippen LogP contribution in [0.5, 0.6) is 0 Å². The summed E-state index contributed by atoms with van der Waals surface area (Å²) in [6.07, 6.45) is 2.35. The number of carbonyl (C=O) groups excluding carboxylic acids is 1. The van der Waals surface area contributed by atoms with Gasteiger partial charge in [-0.25, -0.2) is 4.79 Å². The summed E-state index contributed by atoms with van der Waals surface area (Å²) < 4.78 is 0. The Morgan fingerprint density at radius 1 is 1.28 bits per heavy atom. The van der Waals surface area contributed by atoms with Crippen LogP contribution in [0.25, 0.3) is 0 Å². The summed E-state index contributed by atoms with van der Waals surface area (Å²) in [4.78, 5) is 22.7. The summed E-state index contributed by atoms with van der Waals surface area (Å²) in [5.41, 5.74) is 11.0. The smallest absolute Gasteiger partial charge is 0.326 e. The zero-order valence-electron chi connectivity index (χ0n) is 11.2. The topological polar surface area (TPSA) is 118 Å². The highest BCUT2D eigenvalue weighted by Gasteiger charge is 2.23. The third kappa shape index (κ3) is 7.24. The Morgan fingerprint density at radius 3 is 2.33 bits per heavy atom. The Balaban J connectivity index is 4.22. The van der Waals surface area contributed by atoms with Gasteiger partial charge in [0.2, 0.25) is 5.91 Å². The predicted molar refractivity (Wildman–Crippen MR) is 69.9 cm³/mol. The second kappa shape index (κ2) is 8.88. The summed E-state index contributed by atoms with van der Waals surface area (Å²) in [6, 6.07) is -1.52. The number of hydrogen-bond donors (Lipinski definition) is 4. The molecule has 6 heteroatoms. The number of rotatable bonds is 9. The van der Waals surface area contributed by atoms with Crippen molar-refractivity contribution < 1.29 is 14.7 Å². The molecule has 0 aliphatic heterocycles. The average Bonchev–Trinajstić information content (AvgIpc) is 2.26. The fourth-order valence-corrected chi connectivity index (χ4v) is 1.64. The number of nitrogens with one attached hydrogen (secondary N) is 1. The second-order valence-corrected chi connectivity index (χ2v) is 4.92. The lowest BCUT2D eigenvalue weighted by Gasteiger charge is -2.18. The van der Waals surface area contributed by atoms with Crippen LogP contribution in [0.3, 0.4) is 0 Å². The standard InChI is InChI=1S/C12H25N3O3/c1-8(2)7-9(14)11(16)15-10(12(17)18)5-3-4-6-13/h8-10H,3-7,13-14H2,1-2H3,(H,15,16)(H,17,18)/t9-,10-/m0/s1. The van der Waals surface area contributed by atoms with Gasteiger partial charge < -0.3 is 21.9 Å². The van der Waals surface area contributed by atoms with Crippen molar-refractivity contribution in [2.75, 3.05) is 6.54 Å². The fourth-order valence-electron chi connectivity index (χ4n) is 1.64. The summed E-state index contributed by atoms with van der Waals surface area (Å²) in [5.74, 6) is -1.13. The highest BCUT2D eigenvalue weighted by atomic mass is 16.4. The van der Waals surface area contributed by atoms with Gasteiger partial charge in [0.05, 0.1) is 6.04 Å². The molecule has 0 rings (SSSR count). The van der Waals surface area contributed by atoms with E-state index in [1.807, 2.05) is 13.8 Å². The van der Waals surface area contributed by atoms with Crippen LogP contribution in [0.2, 0.25) is 0 Å². The third-order valence-electron chi connectivity index (χ3n) is 2.62. The van der Waals surface area contributed by atoms with Crippen molar-refractivity contribution in [2.24, 2.45) is 17.4 Å². The number of carboxylic acid groups (broad SMARTS) is 1. The molecule has 0 aromatic rings. The van der Waals surface area contributed by atoms with Crippen molar-refractivity contribution in [3.05, 3.63) is 0 Å². The Labute approximate surface area is 108 Å². The normalized spacial score (nSPS) is 14.3. The minimum Gasteiger partial charge on any atom is -0.480 e. The molecule has 0 bridgehead atoms. The lowest BCUT2D eigenvalue weighted by Crippen LogP contribution is -2.48. The lowest BCUT2D eigenvalue weighted by molar-refractivity contribution is -0.142. The SMILES string of the molecule is CC(C)C[C@H](N)C(=O)N[C@@H](CCCCN)C(=O)O. The van der Waals surface area contributed by atoms with Crippen LogP contribution in [-0.4, -0.2) is 35.6 Å². The molecule has 0 aliphatic rings. The average molecular weight is 259 g/mol. The third-order valence-corrected chi connectivity index (χ3v) is 2.62. The largest absolute Gasteiger partial charge is 0.480 e. The van der Waals surface area contributed by atoms with Gasteiger partial charge in [-0.15, -0.1) is 0 Å². The Hall–Kier alpha value is -1.14. The molecule has 0 unspecified atom stereocenters. The maximum absolute atomic E-state index is 11.7. The molecule has 18 heavy (non-hydrogen) atoms. The van der Waals surface area contributed by atoms with Gasteiger partial charge in [-0.05, 0) is 38.1 Å². The molecule has 0 aromatic carbocycles. The molecule has 0 saturated heterocycles. The first-order valence-electron chi connectivity index (χ1n) is 6.37. The first-order valence-corrected chi connectivity index (χ1v) is 6.37. The molecule has 0 aliphatic carbocycles. The number of carboxylic acids is 1. The minimum atomic E-state index is -1.03. The van der Waals surface area contributed by atoms with Crippen LogP contribution in [0.4, 0.5) is 0 Å². The zero-order valence-corrected chi connectivity index (χ0v) is 11.2. The number of amides is 1. The number of aliphatic carboxylic acids is 1. The molecule has 0 fully saturated rings. The van der Waals surface area contributed by atoms with Crippen LogP contribution in [0.15, 0.2) is 0 Å². The number of hydrogen-bond acceptors (Lipinski definition) is 4. The van der Waals surface area contributed by atoms with E-state index in [9.17, 15) is 9.59 Å². The Bertz CT molecular complexity index is 269. The summed E-state index contributed by atoms with van der Waals surface area (Å²) >= 11 is 0. The first-order chi connectivity index (χ1) is 8.38. The van der Waals surface area contributed by atoms with E-state index in [1.165, 1.54) is 0 Å². The van der Waals surface area contributed by atoms with E-state index in [0.717, 1.165) is 6.42 Å². The Kier molecular flexibility index (Phi) is 8.32. The number of carbonyl (C=O) groups is 2. The van der Waals surface area contributed by atoms with Crippen LogP contribution >= 0.6 is 0 Å². The van der Waals surface area contributed by atoms with E-state index in [4.69, 9.17) is 16.6 Å². The van der Waals surface area contributed by atoms with Crippen molar-refractivity contribution in [1.29, 1.82) is 0 Å². The van der Waals surface area contributed by atoms with Crippen molar-refractivity contribution in [3.63, 3.8) is 0 Å². The van der Waals surface area contributed by atoms with Gasteiger partial charge in [0.15, 0.2) is 0 Å². The van der Waals surface area contributed by atoms with Gasteiger partial charge in [-0.2, -0.15) is 0 Å². The number of unbranched alkanes of at least 4 members (excludes halogenated alkanes) is 1. The van der Waals surface area contributed by atoms with E-state index < -0.39 is 24.0 Å². The van der Waals surface area contributed by atoms with Gasteiger partial charge >= 0.3 is 5.97 Å². The predicted octanol–water partition coefficient (Wildman–Crippen LogP) is 0.0582. The quantitative estimate of drug-likeness (QED) is 0.437. The van der Waals surface area contributed by atoms with E-state index in [2.05, 4.69) is 5.32 Å². The molecule has 0 radical (unpaired) electrons. The van der Waals surface area contributed by atoms with Crippen LogP contribution < -0.4 is 16.8 Å². The lowest BCUT2D eigenvalue weighted by atomic mass is 10.0. The van der Waals surface area contributed by atoms with Gasteiger partial charge in [0.1, 0.15) is 6.04 Å². The summed E-state index contributed by atoms with van der Waals surface area (Å²) in [7, 11) is 0. The van der Waals surface area contributed by atoms with Crippen LogP contribution in [0, 0.1) is 5.92 Å². The van der Waals surface area contributed by atoms with E-state index in [-0.39, 0.29) is 0 Å². The first kappa shape index (κ1) is 16.9. The molecule has 1 amide bonds. The molecule has 0 heterocycles. The van der Waals surface area contributed by atoms with E-state index in [1.54, 1.807) is 0 Å². The minimum absolute atomic E-state index is 0.297. The molecular formula is C12H25N3O3. The van der Waals surface area contributed by atoms with Crippen LogP contribution in [0.1, 0.15) is 39.5 Å². The van der Waals surface area contributed by atoms with Gasteiger partial charge in [-0.1, -0.05) is 13.8 Å². The molecule has 6 N–H and O–H groups in total. The zero-order chi connectivity index (χ0) is 14.1. The van der Waals surface area contributed by atoms with Crippen molar-refractivity contribution in [2.45, 2.75) is 51.6 Å². The molecule has 0 spiro atoms. The monoisotopic (exact) mass is 259 g/mol. The van der Waals surface area contributed by atoms with E-state index in [0.29, 0.717) is 31.7 Å². The summed E-state index contributed by atoms with van der Waals surface area (Å²) in [5, 5.41) is 11.5. The highest BCUT2D eigenvalue weighted by molar-refractivity contribution is 5.86. The van der Waals surface area contributed by atoms with Crippen molar-refractivity contribution >= 4 is 11.9 Å². The highest BCUT2D eigenvalue weighted by Crippen LogP contribution is 2.05. The molecule has 2 atom stereocenters. The Morgan fingerprint density at radius 2 is 1.89 bits per heavy atom. The van der Waals surface area contributed by atoms with Crippen molar-refractivity contribution in [1.82, 2.24) is 5.32 Å². The molecule has 0 saturated carbocycles. The molecule has 0 aromatic heterocycles. The molecule has 106 valence electrons. The maximum Gasteiger partial charge on any atom is 0.326 e. The van der Waals surface area contributed by atoms with Gasteiger partial charge in [0.25, 0.3) is 0 Å². The fraction of sp³-hybridized carbons (Fsp3) is 0.833. The molecular weight excluding hydrogens is 234 g/mol. The summed E-state index contributed by atoms with van der Waals surface area (Å²) in [6.45, 7) is 4.44. The molecule has 6 nitrogen and oxygen atoms in total.